The van der Waals surface area contributed by atoms with Crippen LogP contribution in [0.2, 0.25) is 0 Å². The van der Waals surface area contributed by atoms with Gasteiger partial charge in [-0.3, -0.25) is 4.98 Å². The van der Waals surface area contributed by atoms with Gasteiger partial charge in [0.25, 0.3) is 0 Å². The predicted molar refractivity (Wildman–Crippen MR) is 130 cm³/mol. The van der Waals surface area contributed by atoms with Crippen LogP contribution in [0.3, 0.4) is 0 Å². The van der Waals surface area contributed by atoms with Crippen LogP contribution in [-0.2, 0) is 0 Å². The number of hydrogen-bond donors (Lipinski definition) is 3. The van der Waals surface area contributed by atoms with Crippen molar-refractivity contribution in [1.29, 1.82) is 5.26 Å². The van der Waals surface area contributed by atoms with Gasteiger partial charge < -0.3 is 21.3 Å². The van der Waals surface area contributed by atoms with E-state index in [1.807, 2.05) is 12.1 Å². The molecule has 0 radical (unpaired) electrons. The number of nitrogen functional groups attached to an aromatic ring is 1. The summed E-state index contributed by atoms with van der Waals surface area (Å²) in [6.45, 7) is 5.00. The van der Waals surface area contributed by atoms with Crippen molar-refractivity contribution >= 4 is 59.0 Å². The molecule has 2 aromatic heterocycles. The molecular weight excluding hydrogens is 435 g/mol. The van der Waals surface area contributed by atoms with Crippen molar-refractivity contribution in [2.75, 3.05) is 35.6 Å². The summed E-state index contributed by atoms with van der Waals surface area (Å²) in [5, 5.41) is 16.0. The fraction of sp³-hybridized carbons (Fsp3) is 0.333. The highest BCUT2D eigenvalue weighted by molar-refractivity contribution is 5.87. The Morgan fingerprint density at radius 1 is 1.26 bits per heavy atom. The monoisotopic (exact) mass is 460 g/mol. The molecule has 1 aromatic carbocycles. The quantitative estimate of drug-likeness (QED) is 0.477. The van der Waals surface area contributed by atoms with Gasteiger partial charge in [0.2, 0.25) is 5.95 Å². The summed E-state index contributed by atoms with van der Waals surface area (Å²) in [5.74, 6) is 1.28. The maximum Gasteiger partial charge on any atom is 0.229 e. The number of fused-ring (bicyclic) bond motifs is 1. The van der Waals surface area contributed by atoms with E-state index in [9.17, 15) is 5.26 Å². The summed E-state index contributed by atoms with van der Waals surface area (Å²) in [5.41, 5.74) is 9.15. The van der Waals surface area contributed by atoms with Crippen LogP contribution in [0.4, 0.5) is 23.1 Å². The third kappa shape index (κ3) is 5.64. The van der Waals surface area contributed by atoms with Crippen molar-refractivity contribution in [3.8, 4) is 6.07 Å². The predicted octanol–water partition coefficient (Wildman–Crippen LogP) is 3.64. The van der Waals surface area contributed by atoms with Gasteiger partial charge in [0.05, 0.1) is 17.1 Å². The van der Waals surface area contributed by atoms with Crippen molar-refractivity contribution in [3.05, 3.63) is 42.1 Å². The van der Waals surface area contributed by atoms with Crippen molar-refractivity contribution in [1.82, 2.24) is 20.3 Å². The second kappa shape index (κ2) is 11.0. The Bertz CT molecular complexity index is 1070. The van der Waals surface area contributed by atoms with Crippen LogP contribution in [0.5, 0.6) is 0 Å². The molecule has 10 heteroatoms. The van der Waals surface area contributed by atoms with E-state index < -0.39 is 0 Å². The molecule has 1 aliphatic heterocycles. The first kappa shape index (κ1) is 24.4. The van der Waals surface area contributed by atoms with E-state index in [0.29, 0.717) is 28.9 Å². The van der Waals surface area contributed by atoms with Gasteiger partial charge in [-0.2, -0.15) is 10.2 Å². The van der Waals surface area contributed by atoms with Crippen LogP contribution in [0, 0.1) is 11.3 Å². The van der Waals surface area contributed by atoms with Crippen LogP contribution in [0.1, 0.15) is 25.3 Å². The number of nitrogens with one attached hydrogen (secondary N) is 2. The highest BCUT2D eigenvalue weighted by Gasteiger charge is 2.25. The number of halogens is 2. The Morgan fingerprint density at radius 2 is 2.10 bits per heavy atom. The minimum absolute atomic E-state index is 0. The van der Waals surface area contributed by atoms with Crippen LogP contribution in [-0.4, -0.2) is 40.6 Å². The summed E-state index contributed by atoms with van der Waals surface area (Å²) in [7, 11) is 0. The van der Waals surface area contributed by atoms with E-state index in [2.05, 4.69) is 38.5 Å². The van der Waals surface area contributed by atoms with Crippen molar-refractivity contribution < 1.29 is 0 Å². The van der Waals surface area contributed by atoms with Crippen molar-refractivity contribution in [2.45, 2.75) is 25.8 Å². The van der Waals surface area contributed by atoms with E-state index in [0.717, 1.165) is 49.3 Å². The van der Waals surface area contributed by atoms with Crippen LogP contribution < -0.4 is 21.3 Å². The molecule has 8 nitrogen and oxygen atoms in total. The summed E-state index contributed by atoms with van der Waals surface area (Å²) < 4.78 is 0. The first-order valence-electron chi connectivity index (χ1n) is 9.85. The Balaban J connectivity index is 0.00000171. The lowest BCUT2D eigenvalue weighted by Gasteiger charge is -2.20. The van der Waals surface area contributed by atoms with E-state index in [-0.39, 0.29) is 24.8 Å². The molecule has 0 aliphatic carbocycles. The van der Waals surface area contributed by atoms with Crippen LogP contribution >= 0.6 is 24.8 Å². The Labute approximate surface area is 194 Å². The highest BCUT2D eigenvalue weighted by Crippen LogP contribution is 2.28. The lowest BCUT2D eigenvalue weighted by atomic mass is 10.2. The van der Waals surface area contributed by atoms with Crippen LogP contribution in [0.25, 0.3) is 11.0 Å². The zero-order valence-corrected chi connectivity index (χ0v) is 18.8. The smallest absolute Gasteiger partial charge is 0.229 e. The number of aromatic nitrogens is 3. The molecule has 0 unspecified atom stereocenters. The molecule has 0 bridgehead atoms. The minimum Gasteiger partial charge on any atom is -0.399 e. The molecule has 1 fully saturated rings. The number of nitrogens with zero attached hydrogens (tertiary/aromatic N) is 5. The fourth-order valence-corrected chi connectivity index (χ4v) is 3.61. The third-order valence-corrected chi connectivity index (χ3v) is 4.95. The molecule has 4 rings (SSSR count). The van der Waals surface area contributed by atoms with E-state index >= 15 is 0 Å². The largest absolute Gasteiger partial charge is 0.399 e. The number of hydrogen-bond acceptors (Lipinski definition) is 8. The fourth-order valence-electron chi connectivity index (χ4n) is 3.61. The average molecular weight is 461 g/mol. The Kier molecular flexibility index (Phi) is 8.63. The number of nitrogens with two attached hydrogens (primary N) is 1. The molecular formula is C21H26Cl2N8. The molecule has 31 heavy (non-hydrogen) atoms. The molecule has 1 saturated heterocycles. The average Bonchev–Trinajstić information content (AvgIpc) is 3.20. The number of rotatable bonds is 6. The van der Waals surface area contributed by atoms with E-state index in [1.165, 1.54) is 0 Å². The summed E-state index contributed by atoms with van der Waals surface area (Å²) >= 11 is 0. The first-order valence-corrected chi connectivity index (χ1v) is 9.85. The number of pyridine rings is 1. The summed E-state index contributed by atoms with van der Waals surface area (Å²) in [4.78, 5) is 16.2. The molecule has 0 spiro atoms. The SMILES string of the molecule is CCCN[C@H]1CCN(c2nc(Nc3cc(N)cc(C#N)c3)nc3cccnc23)C1.Cl.Cl. The Morgan fingerprint density at radius 3 is 2.87 bits per heavy atom. The van der Waals surface area contributed by atoms with Gasteiger partial charge in [-0.15, -0.1) is 24.8 Å². The topological polar surface area (TPSA) is 116 Å². The lowest BCUT2D eigenvalue weighted by Crippen LogP contribution is -2.33. The van der Waals surface area contributed by atoms with Gasteiger partial charge in [-0.25, -0.2) is 4.98 Å². The molecule has 1 aliphatic rings. The summed E-state index contributed by atoms with van der Waals surface area (Å²) in [6, 6.07) is 11.5. The van der Waals surface area contributed by atoms with Crippen LogP contribution in [0.15, 0.2) is 36.5 Å². The number of nitriles is 1. The maximum absolute atomic E-state index is 9.18. The molecule has 4 N–H and O–H groups in total. The second-order valence-electron chi connectivity index (χ2n) is 7.21. The second-order valence-corrected chi connectivity index (χ2v) is 7.21. The summed E-state index contributed by atoms with van der Waals surface area (Å²) in [6.07, 6.45) is 3.96. The van der Waals surface area contributed by atoms with Gasteiger partial charge in [-0.05, 0) is 49.7 Å². The molecule has 164 valence electrons. The normalized spacial score (nSPS) is 15.1. The highest BCUT2D eigenvalue weighted by atomic mass is 35.5. The van der Waals surface area contributed by atoms with Crippen molar-refractivity contribution in [2.24, 2.45) is 0 Å². The van der Waals surface area contributed by atoms with Gasteiger partial charge in [-0.1, -0.05) is 6.92 Å². The maximum atomic E-state index is 9.18. The Hall–Kier alpha value is -2.86. The molecule has 1 atom stereocenters. The molecule has 0 amide bonds. The zero-order valence-electron chi connectivity index (χ0n) is 17.2. The number of anilines is 4. The molecule has 3 aromatic rings. The first-order chi connectivity index (χ1) is 14.2. The zero-order chi connectivity index (χ0) is 20.2. The minimum atomic E-state index is 0. The number of benzene rings is 1. The molecule has 3 heterocycles. The standard InChI is InChI=1S/C21H24N8.2ClH/c1-2-6-24-16-5-8-29(13-16)20-19-18(4-3-7-25-19)27-21(28-20)26-17-10-14(12-22)9-15(23)11-17;;/h3-4,7,9-11,16,24H,2,5-6,8,13,23H2,1H3,(H,26,27,28);2*1H/t16-;;/m0../s1. The van der Waals surface area contributed by atoms with Crippen molar-refractivity contribution in [3.63, 3.8) is 0 Å². The lowest BCUT2D eigenvalue weighted by molar-refractivity contribution is 0.549. The van der Waals surface area contributed by atoms with Gasteiger partial charge in [0.1, 0.15) is 5.52 Å². The third-order valence-electron chi connectivity index (χ3n) is 4.95. The van der Waals surface area contributed by atoms with Gasteiger partial charge in [0.15, 0.2) is 5.82 Å². The molecule has 0 saturated carbocycles. The van der Waals surface area contributed by atoms with Gasteiger partial charge >= 0.3 is 0 Å². The van der Waals surface area contributed by atoms with E-state index in [4.69, 9.17) is 10.7 Å². The van der Waals surface area contributed by atoms with E-state index in [1.54, 1.807) is 24.4 Å². The van der Waals surface area contributed by atoms with Gasteiger partial charge in [0, 0.05) is 36.7 Å².